The predicted octanol–water partition coefficient (Wildman–Crippen LogP) is 2.51. The van der Waals surface area contributed by atoms with Gasteiger partial charge in [-0.3, -0.25) is 4.90 Å². The van der Waals surface area contributed by atoms with Crippen LogP contribution in [0.3, 0.4) is 0 Å². The number of alkyl halides is 1. The number of rotatable bonds is 4. The van der Waals surface area contributed by atoms with Gasteiger partial charge in [-0.25, -0.2) is 0 Å². The van der Waals surface area contributed by atoms with E-state index in [1.54, 1.807) is 0 Å². The Bertz CT molecular complexity index is 130. The maximum absolute atomic E-state index is 5.80. The van der Waals surface area contributed by atoms with Crippen LogP contribution in [0.1, 0.15) is 20.8 Å². The molecule has 0 aromatic rings. The van der Waals surface area contributed by atoms with Gasteiger partial charge in [-0.05, 0) is 27.8 Å². The number of nitrogens with zero attached hydrogens (tertiary/aromatic N) is 1. The van der Waals surface area contributed by atoms with E-state index in [2.05, 4.69) is 37.9 Å². The Kier molecular flexibility index (Phi) is 4.78. The van der Waals surface area contributed by atoms with E-state index in [0.29, 0.717) is 5.88 Å². The SMILES string of the molecule is C/C=C/CN(C)C(C)(C)CCl. The van der Waals surface area contributed by atoms with Gasteiger partial charge in [0.15, 0.2) is 0 Å². The molecule has 0 bridgehead atoms. The summed E-state index contributed by atoms with van der Waals surface area (Å²) < 4.78 is 0. The van der Waals surface area contributed by atoms with Gasteiger partial charge >= 0.3 is 0 Å². The van der Waals surface area contributed by atoms with Gasteiger partial charge in [0.05, 0.1) is 0 Å². The summed E-state index contributed by atoms with van der Waals surface area (Å²) in [4.78, 5) is 2.24. The Morgan fingerprint density at radius 1 is 1.45 bits per heavy atom. The van der Waals surface area contributed by atoms with Crippen LogP contribution in [0.25, 0.3) is 0 Å². The van der Waals surface area contributed by atoms with Gasteiger partial charge in [0.2, 0.25) is 0 Å². The molecule has 0 aliphatic carbocycles. The summed E-state index contributed by atoms with van der Waals surface area (Å²) in [5.41, 5.74) is 0.0983. The van der Waals surface area contributed by atoms with Gasteiger partial charge in [0, 0.05) is 18.0 Å². The van der Waals surface area contributed by atoms with Crippen molar-refractivity contribution in [3.63, 3.8) is 0 Å². The zero-order valence-corrected chi connectivity index (χ0v) is 8.65. The van der Waals surface area contributed by atoms with Crippen LogP contribution in [-0.4, -0.2) is 29.9 Å². The molecule has 0 fully saturated rings. The highest BCUT2D eigenvalue weighted by Crippen LogP contribution is 2.13. The van der Waals surface area contributed by atoms with E-state index >= 15 is 0 Å². The molecule has 0 aromatic carbocycles. The van der Waals surface area contributed by atoms with E-state index in [0.717, 1.165) is 6.54 Å². The molecule has 66 valence electrons. The second kappa shape index (κ2) is 4.78. The van der Waals surface area contributed by atoms with Gasteiger partial charge < -0.3 is 0 Å². The lowest BCUT2D eigenvalue weighted by atomic mass is 10.1. The molecule has 0 aliphatic rings. The Balaban J connectivity index is 3.90. The number of hydrogen-bond donors (Lipinski definition) is 0. The molecular formula is C9H18ClN. The van der Waals surface area contributed by atoms with Crippen molar-refractivity contribution < 1.29 is 0 Å². The van der Waals surface area contributed by atoms with Gasteiger partial charge in [0.1, 0.15) is 0 Å². The van der Waals surface area contributed by atoms with E-state index in [-0.39, 0.29) is 5.54 Å². The monoisotopic (exact) mass is 175 g/mol. The van der Waals surface area contributed by atoms with Crippen LogP contribution in [0, 0.1) is 0 Å². The smallest absolute Gasteiger partial charge is 0.0402 e. The van der Waals surface area contributed by atoms with Crippen molar-refractivity contribution >= 4 is 11.6 Å². The van der Waals surface area contributed by atoms with Gasteiger partial charge in [-0.1, -0.05) is 12.2 Å². The van der Waals surface area contributed by atoms with Crippen molar-refractivity contribution in [2.45, 2.75) is 26.3 Å². The summed E-state index contributed by atoms with van der Waals surface area (Å²) in [6.07, 6.45) is 4.19. The topological polar surface area (TPSA) is 3.24 Å². The minimum Gasteiger partial charge on any atom is -0.296 e. The molecule has 0 rings (SSSR count). The summed E-state index contributed by atoms with van der Waals surface area (Å²) in [6.45, 7) is 7.28. The quantitative estimate of drug-likeness (QED) is 0.469. The molecule has 0 radical (unpaired) electrons. The van der Waals surface area contributed by atoms with Crippen LogP contribution in [0.4, 0.5) is 0 Å². The number of halogens is 1. The Morgan fingerprint density at radius 2 is 2.00 bits per heavy atom. The lowest BCUT2D eigenvalue weighted by Crippen LogP contribution is -2.42. The summed E-state index contributed by atoms with van der Waals surface area (Å²) in [6, 6.07) is 0. The lowest BCUT2D eigenvalue weighted by molar-refractivity contribution is 0.199. The molecule has 11 heavy (non-hydrogen) atoms. The molecule has 0 amide bonds. The zero-order valence-electron chi connectivity index (χ0n) is 7.89. The molecule has 0 N–H and O–H groups in total. The summed E-state index contributed by atoms with van der Waals surface area (Å²) in [5.74, 6) is 0.668. The molecular weight excluding hydrogens is 158 g/mol. The highest BCUT2D eigenvalue weighted by Gasteiger charge is 2.20. The van der Waals surface area contributed by atoms with Crippen LogP contribution < -0.4 is 0 Å². The fourth-order valence-corrected chi connectivity index (χ4v) is 0.817. The van der Waals surface area contributed by atoms with Crippen molar-refractivity contribution in [3.8, 4) is 0 Å². The largest absolute Gasteiger partial charge is 0.296 e. The highest BCUT2D eigenvalue weighted by atomic mass is 35.5. The van der Waals surface area contributed by atoms with E-state index in [1.807, 2.05) is 6.92 Å². The molecule has 1 nitrogen and oxygen atoms in total. The van der Waals surface area contributed by atoms with Crippen molar-refractivity contribution in [1.29, 1.82) is 0 Å². The Hall–Kier alpha value is -0.0100. The second-order valence-corrected chi connectivity index (χ2v) is 3.66. The Morgan fingerprint density at radius 3 is 2.36 bits per heavy atom. The van der Waals surface area contributed by atoms with Gasteiger partial charge in [0.25, 0.3) is 0 Å². The first-order chi connectivity index (χ1) is 5.04. The van der Waals surface area contributed by atoms with Crippen molar-refractivity contribution in [1.82, 2.24) is 4.90 Å². The van der Waals surface area contributed by atoms with Crippen molar-refractivity contribution in [3.05, 3.63) is 12.2 Å². The molecule has 0 aliphatic heterocycles. The third-order valence-corrected chi connectivity index (χ3v) is 2.63. The average molecular weight is 176 g/mol. The minimum atomic E-state index is 0.0983. The van der Waals surface area contributed by atoms with E-state index < -0.39 is 0 Å². The first kappa shape index (κ1) is 11.0. The summed E-state index contributed by atoms with van der Waals surface area (Å²) >= 11 is 5.80. The van der Waals surface area contributed by atoms with Gasteiger partial charge in [-0.15, -0.1) is 11.6 Å². The molecule has 0 saturated carbocycles. The normalized spacial score (nSPS) is 13.3. The molecule has 0 atom stereocenters. The standard InChI is InChI=1S/C9H18ClN/c1-5-6-7-11(4)9(2,3)8-10/h5-6H,7-8H2,1-4H3/b6-5+. The van der Waals surface area contributed by atoms with Gasteiger partial charge in [-0.2, -0.15) is 0 Å². The van der Waals surface area contributed by atoms with Crippen LogP contribution >= 0.6 is 11.6 Å². The molecule has 0 unspecified atom stereocenters. The van der Waals surface area contributed by atoms with Crippen LogP contribution in [-0.2, 0) is 0 Å². The molecule has 0 aromatic heterocycles. The predicted molar refractivity (Wildman–Crippen MR) is 52.2 cm³/mol. The van der Waals surface area contributed by atoms with Crippen LogP contribution in [0.5, 0.6) is 0 Å². The van der Waals surface area contributed by atoms with Crippen molar-refractivity contribution in [2.75, 3.05) is 19.5 Å². The number of hydrogen-bond acceptors (Lipinski definition) is 1. The van der Waals surface area contributed by atoms with Crippen molar-refractivity contribution in [2.24, 2.45) is 0 Å². The average Bonchev–Trinajstić information content (AvgIpc) is 2.00. The first-order valence-electron chi connectivity index (χ1n) is 3.93. The first-order valence-corrected chi connectivity index (χ1v) is 4.46. The van der Waals surface area contributed by atoms with Crippen LogP contribution in [0.2, 0.25) is 0 Å². The molecule has 0 saturated heterocycles. The number of likely N-dealkylation sites (N-methyl/N-ethyl adjacent to an activating group) is 1. The third kappa shape index (κ3) is 3.78. The molecule has 0 spiro atoms. The zero-order chi connectivity index (χ0) is 8.91. The number of allylic oxidation sites excluding steroid dienone is 1. The maximum atomic E-state index is 5.80. The van der Waals surface area contributed by atoms with Crippen LogP contribution in [0.15, 0.2) is 12.2 Å². The Labute approximate surface area is 75.0 Å². The second-order valence-electron chi connectivity index (χ2n) is 3.40. The highest BCUT2D eigenvalue weighted by molar-refractivity contribution is 6.18. The minimum absolute atomic E-state index is 0.0983. The fourth-order valence-electron chi connectivity index (χ4n) is 0.613. The van der Waals surface area contributed by atoms with E-state index in [4.69, 9.17) is 11.6 Å². The van der Waals surface area contributed by atoms with E-state index in [1.165, 1.54) is 0 Å². The molecule has 2 heteroatoms. The maximum Gasteiger partial charge on any atom is 0.0402 e. The van der Waals surface area contributed by atoms with E-state index in [9.17, 15) is 0 Å². The summed E-state index contributed by atoms with van der Waals surface area (Å²) in [7, 11) is 2.09. The fraction of sp³-hybridized carbons (Fsp3) is 0.778. The molecule has 0 heterocycles. The lowest BCUT2D eigenvalue weighted by Gasteiger charge is -2.32. The third-order valence-electron chi connectivity index (χ3n) is 1.98. The summed E-state index contributed by atoms with van der Waals surface area (Å²) in [5, 5.41) is 0.